The van der Waals surface area contributed by atoms with Crippen LogP contribution < -0.4 is 10.6 Å². The van der Waals surface area contributed by atoms with Gasteiger partial charge in [-0.3, -0.25) is 4.79 Å². The van der Waals surface area contributed by atoms with Gasteiger partial charge in [0, 0.05) is 18.7 Å². The summed E-state index contributed by atoms with van der Waals surface area (Å²) in [6.07, 6.45) is 3.93. The molecular formula is C15H20N2O2. The lowest BCUT2D eigenvalue weighted by Gasteiger charge is -2.25. The van der Waals surface area contributed by atoms with Gasteiger partial charge < -0.3 is 15.4 Å². The van der Waals surface area contributed by atoms with Crippen LogP contribution in [0.4, 0.5) is 5.69 Å². The second-order valence-electron chi connectivity index (χ2n) is 5.28. The topological polar surface area (TPSA) is 50.4 Å². The number of hydrogen-bond acceptors (Lipinski definition) is 3. The van der Waals surface area contributed by atoms with Crippen LogP contribution in [0.5, 0.6) is 0 Å². The van der Waals surface area contributed by atoms with Crippen molar-refractivity contribution in [2.75, 3.05) is 19.0 Å². The van der Waals surface area contributed by atoms with Crippen molar-refractivity contribution < 1.29 is 9.53 Å². The third kappa shape index (κ3) is 2.51. The zero-order valence-corrected chi connectivity index (χ0v) is 11.2. The van der Waals surface area contributed by atoms with E-state index in [0.29, 0.717) is 6.42 Å². The average molecular weight is 260 g/mol. The lowest BCUT2D eigenvalue weighted by Crippen LogP contribution is -2.29. The summed E-state index contributed by atoms with van der Waals surface area (Å²) in [5.74, 6) is 0.115. The van der Waals surface area contributed by atoms with E-state index in [-0.39, 0.29) is 18.1 Å². The number of ether oxygens (including phenoxy) is 1. The molecule has 0 saturated carbocycles. The number of likely N-dealkylation sites (N-methyl/N-ethyl adjacent to an activating group) is 1. The van der Waals surface area contributed by atoms with Crippen molar-refractivity contribution in [2.24, 2.45) is 0 Å². The molecule has 1 aromatic carbocycles. The molecule has 2 aliphatic heterocycles. The number of nitrogens with one attached hydrogen (secondary N) is 2. The maximum atomic E-state index is 11.4. The first-order valence-corrected chi connectivity index (χ1v) is 6.99. The van der Waals surface area contributed by atoms with Gasteiger partial charge in [0.2, 0.25) is 5.91 Å². The first-order chi connectivity index (χ1) is 9.28. The van der Waals surface area contributed by atoms with E-state index >= 15 is 0 Å². The summed E-state index contributed by atoms with van der Waals surface area (Å²) in [5.41, 5.74) is 3.45. The minimum Gasteiger partial charge on any atom is -0.376 e. The number of hydrogen-bond donors (Lipinski definition) is 2. The fourth-order valence-corrected chi connectivity index (χ4v) is 3.03. The first-order valence-electron chi connectivity index (χ1n) is 6.99. The molecule has 0 radical (unpaired) electrons. The Kier molecular flexibility index (Phi) is 3.53. The number of carbonyl (C=O) groups excluding carboxylic acids is 1. The number of benzene rings is 1. The molecule has 1 fully saturated rings. The maximum Gasteiger partial charge on any atom is 0.224 e. The largest absolute Gasteiger partial charge is 0.376 e. The highest BCUT2D eigenvalue weighted by Crippen LogP contribution is 2.30. The third-order valence-corrected chi connectivity index (χ3v) is 4.03. The fourth-order valence-electron chi connectivity index (χ4n) is 3.03. The van der Waals surface area contributed by atoms with Crippen LogP contribution in [0.2, 0.25) is 0 Å². The molecule has 102 valence electrons. The molecule has 0 bridgehead atoms. The second kappa shape index (κ2) is 5.31. The first kappa shape index (κ1) is 12.6. The van der Waals surface area contributed by atoms with Gasteiger partial charge in [-0.15, -0.1) is 0 Å². The molecule has 4 nitrogen and oxygen atoms in total. The summed E-state index contributed by atoms with van der Waals surface area (Å²) in [6.45, 7) is 0.865. The highest BCUT2D eigenvalue weighted by molar-refractivity contribution is 5.93. The minimum absolute atomic E-state index is 0.115. The van der Waals surface area contributed by atoms with Crippen molar-refractivity contribution in [2.45, 2.75) is 37.8 Å². The minimum atomic E-state index is 0.115. The van der Waals surface area contributed by atoms with Gasteiger partial charge in [0.1, 0.15) is 0 Å². The molecule has 0 aromatic heterocycles. The average Bonchev–Trinajstić information content (AvgIpc) is 2.93. The number of carbonyl (C=O) groups is 1. The monoisotopic (exact) mass is 260 g/mol. The van der Waals surface area contributed by atoms with E-state index in [4.69, 9.17) is 4.74 Å². The molecule has 2 heterocycles. The van der Waals surface area contributed by atoms with Crippen LogP contribution in [0.3, 0.4) is 0 Å². The van der Waals surface area contributed by atoms with E-state index in [9.17, 15) is 4.79 Å². The van der Waals surface area contributed by atoms with Crippen LogP contribution in [0.1, 0.15) is 36.4 Å². The molecule has 2 aliphatic rings. The van der Waals surface area contributed by atoms with Gasteiger partial charge in [-0.1, -0.05) is 12.1 Å². The lowest BCUT2D eigenvalue weighted by atomic mass is 9.94. The van der Waals surface area contributed by atoms with Crippen molar-refractivity contribution in [3.05, 3.63) is 29.3 Å². The smallest absolute Gasteiger partial charge is 0.224 e. The second-order valence-corrected chi connectivity index (χ2v) is 5.28. The van der Waals surface area contributed by atoms with Gasteiger partial charge in [0.05, 0.1) is 12.1 Å². The Balaban J connectivity index is 1.85. The summed E-state index contributed by atoms with van der Waals surface area (Å²) in [4.78, 5) is 11.4. The van der Waals surface area contributed by atoms with Crippen molar-refractivity contribution >= 4 is 11.6 Å². The van der Waals surface area contributed by atoms with E-state index in [0.717, 1.165) is 31.6 Å². The summed E-state index contributed by atoms with van der Waals surface area (Å²) in [6, 6.07) is 6.55. The molecule has 1 aromatic rings. The maximum absolute atomic E-state index is 11.4. The quantitative estimate of drug-likeness (QED) is 0.874. The number of aryl methyl sites for hydroxylation is 1. The molecule has 2 unspecified atom stereocenters. The molecule has 1 saturated heterocycles. The van der Waals surface area contributed by atoms with Crippen LogP contribution in [0.15, 0.2) is 18.2 Å². The van der Waals surface area contributed by atoms with Gasteiger partial charge in [-0.2, -0.15) is 0 Å². The summed E-state index contributed by atoms with van der Waals surface area (Å²) < 4.78 is 5.79. The van der Waals surface area contributed by atoms with E-state index in [1.807, 2.05) is 13.1 Å². The van der Waals surface area contributed by atoms with E-state index in [2.05, 4.69) is 22.8 Å². The Morgan fingerprint density at radius 3 is 3.05 bits per heavy atom. The Bertz CT molecular complexity index is 481. The van der Waals surface area contributed by atoms with Crippen LogP contribution >= 0.6 is 0 Å². The zero-order chi connectivity index (χ0) is 13.2. The molecule has 0 spiro atoms. The van der Waals surface area contributed by atoms with Gasteiger partial charge in [-0.25, -0.2) is 0 Å². The predicted octanol–water partition coefficient (Wildman–Crippen LogP) is 2.01. The Hall–Kier alpha value is -1.39. The molecule has 3 rings (SSSR count). The van der Waals surface area contributed by atoms with E-state index in [1.54, 1.807) is 0 Å². The predicted molar refractivity (Wildman–Crippen MR) is 74.2 cm³/mol. The summed E-state index contributed by atoms with van der Waals surface area (Å²) >= 11 is 0. The van der Waals surface area contributed by atoms with Crippen molar-refractivity contribution in [3.8, 4) is 0 Å². The van der Waals surface area contributed by atoms with Crippen LogP contribution in [-0.2, 0) is 16.0 Å². The molecule has 1 amide bonds. The number of amides is 1. The Labute approximate surface area is 113 Å². The molecule has 2 N–H and O–H groups in total. The van der Waals surface area contributed by atoms with Gasteiger partial charge >= 0.3 is 0 Å². The fraction of sp³-hybridized carbons (Fsp3) is 0.533. The highest BCUT2D eigenvalue weighted by atomic mass is 16.5. The van der Waals surface area contributed by atoms with Crippen LogP contribution in [0.25, 0.3) is 0 Å². The normalized spacial score (nSPS) is 23.8. The zero-order valence-electron chi connectivity index (χ0n) is 11.2. The highest BCUT2D eigenvalue weighted by Gasteiger charge is 2.27. The van der Waals surface area contributed by atoms with Gasteiger partial charge in [0.25, 0.3) is 0 Å². The molecular weight excluding hydrogens is 240 g/mol. The number of rotatable bonds is 3. The van der Waals surface area contributed by atoms with Crippen LogP contribution in [-0.4, -0.2) is 25.7 Å². The number of anilines is 1. The van der Waals surface area contributed by atoms with Gasteiger partial charge in [0.15, 0.2) is 0 Å². The van der Waals surface area contributed by atoms with E-state index in [1.165, 1.54) is 11.1 Å². The molecule has 19 heavy (non-hydrogen) atoms. The summed E-state index contributed by atoms with van der Waals surface area (Å²) in [7, 11) is 1.98. The Morgan fingerprint density at radius 2 is 2.32 bits per heavy atom. The van der Waals surface area contributed by atoms with Crippen LogP contribution in [0, 0.1) is 0 Å². The SMILES string of the molecule is CNC(c1ccc2c(c1)CCC(=O)N2)C1CCCO1. The van der Waals surface area contributed by atoms with Crippen molar-refractivity contribution in [3.63, 3.8) is 0 Å². The molecule has 2 atom stereocenters. The standard InChI is InChI=1S/C15H20N2O2/c1-16-15(13-3-2-8-19-13)11-4-6-12-10(9-11)5-7-14(18)17-12/h4,6,9,13,15-16H,2-3,5,7-8H2,1H3,(H,17,18). The molecule has 0 aliphatic carbocycles. The van der Waals surface area contributed by atoms with Crippen molar-refractivity contribution in [1.29, 1.82) is 0 Å². The molecule has 4 heteroatoms. The van der Waals surface area contributed by atoms with Gasteiger partial charge in [-0.05, 0) is 43.5 Å². The Morgan fingerprint density at radius 1 is 1.42 bits per heavy atom. The third-order valence-electron chi connectivity index (χ3n) is 4.03. The number of fused-ring (bicyclic) bond motifs is 1. The lowest BCUT2D eigenvalue weighted by molar-refractivity contribution is -0.116. The van der Waals surface area contributed by atoms with E-state index < -0.39 is 0 Å². The summed E-state index contributed by atoms with van der Waals surface area (Å²) in [5, 5.41) is 6.29. The van der Waals surface area contributed by atoms with Crippen molar-refractivity contribution in [1.82, 2.24) is 5.32 Å².